The highest BCUT2D eigenvalue weighted by molar-refractivity contribution is 7.17. The minimum atomic E-state index is -1.10. The van der Waals surface area contributed by atoms with Gasteiger partial charge < -0.3 is 25.4 Å². The van der Waals surface area contributed by atoms with Crippen molar-refractivity contribution in [3.63, 3.8) is 0 Å². The number of nitrogens with zero attached hydrogens (tertiary/aromatic N) is 1. The van der Waals surface area contributed by atoms with Gasteiger partial charge in [0, 0.05) is 6.54 Å². The maximum Gasteiger partial charge on any atom is 0.408 e. The molecule has 10 nitrogen and oxygen atoms in total. The summed E-state index contributed by atoms with van der Waals surface area (Å²) in [6.45, 7) is 4.75. The van der Waals surface area contributed by atoms with Crippen molar-refractivity contribution in [2.24, 2.45) is 0 Å². The van der Waals surface area contributed by atoms with Crippen molar-refractivity contribution < 1.29 is 28.7 Å². The minimum absolute atomic E-state index is 0.119. The number of carbonyl (C=O) groups excluding carboxylic acids is 4. The van der Waals surface area contributed by atoms with Crippen LogP contribution in [0.5, 0.6) is 0 Å². The van der Waals surface area contributed by atoms with Crippen molar-refractivity contribution in [3.8, 4) is 0 Å². The molecule has 0 saturated heterocycles. The predicted molar refractivity (Wildman–Crippen MR) is 94.2 cm³/mol. The fourth-order valence-corrected chi connectivity index (χ4v) is 2.27. The summed E-state index contributed by atoms with van der Waals surface area (Å²) in [6.07, 6.45) is 1.24. The van der Waals surface area contributed by atoms with E-state index in [0.29, 0.717) is 16.3 Å². The number of anilines is 1. The Morgan fingerprint density at radius 3 is 2.58 bits per heavy atom. The van der Waals surface area contributed by atoms with Crippen molar-refractivity contribution in [1.29, 1.82) is 0 Å². The molecule has 144 valence electrons. The normalized spacial score (nSPS) is 11.8. The number of esters is 1. The third-order valence-electron chi connectivity index (χ3n) is 2.72. The summed E-state index contributed by atoms with van der Waals surface area (Å²) in [5, 5.41) is 8.00. The molecule has 0 aromatic carbocycles. The first-order valence-corrected chi connectivity index (χ1v) is 8.45. The quantitative estimate of drug-likeness (QED) is 0.435. The zero-order valence-electron chi connectivity index (χ0n) is 15.0. The van der Waals surface area contributed by atoms with Crippen molar-refractivity contribution in [1.82, 2.24) is 15.6 Å². The molecule has 0 aliphatic rings. The van der Waals surface area contributed by atoms with E-state index in [4.69, 9.17) is 4.74 Å². The van der Waals surface area contributed by atoms with Crippen molar-refractivity contribution >= 4 is 40.7 Å². The molecule has 1 aromatic heterocycles. The van der Waals surface area contributed by atoms with E-state index in [1.54, 1.807) is 20.8 Å². The number of aromatic nitrogens is 1. The Balaban J connectivity index is 2.49. The molecule has 0 unspecified atom stereocenters. The van der Waals surface area contributed by atoms with Crippen LogP contribution >= 0.6 is 11.3 Å². The summed E-state index contributed by atoms with van der Waals surface area (Å²) in [5.41, 5.74) is -0.730. The lowest BCUT2D eigenvalue weighted by Crippen LogP contribution is -2.50. The molecule has 1 atom stereocenters. The van der Waals surface area contributed by atoms with E-state index in [9.17, 15) is 19.2 Å². The number of aldehydes is 1. The number of nitrogens with one attached hydrogen (secondary N) is 3. The Hall–Kier alpha value is -2.69. The molecule has 11 heteroatoms. The van der Waals surface area contributed by atoms with Gasteiger partial charge in [-0.15, -0.1) is 0 Å². The van der Waals surface area contributed by atoms with Gasteiger partial charge in [-0.05, 0) is 20.8 Å². The number of alkyl carbamates (subject to hydrolysis) is 1. The maximum atomic E-state index is 11.9. The lowest BCUT2D eigenvalue weighted by molar-refractivity contribution is -0.143. The highest BCUT2D eigenvalue weighted by atomic mass is 32.1. The van der Waals surface area contributed by atoms with Crippen molar-refractivity contribution in [2.45, 2.75) is 32.4 Å². The van der Waals surface area contributed by atoms with Gasteiger partial charge >= 0.3 is 12.1 Å². The second-order valence-electron chi connectivity index (χ2n) is 6.07. The highest BCUT2D eigenvalue weighted by Crippen LogP contribution is 2.15. The number of hydrogen-bond acceptors (Lipinski definition) is 9. The molecule has 1 aromatic rings. The molecule has 0 spiro atoms. The topological polar surface area (TPSA) is 136 Å². The largest absolute Gasteiger partial charge is 0.467 e. The van der Waals surface area contributed by atoms with E-state index in [2.05, 4.69) is 25.7 Å². The molecular formula is C15H22N4O6S. The predicted octanol–water partition coefficient (Wildman–Crippen LogP) is 0.550. The Kier molecular flexibility index (Phi) is 7.97. The average molecular weight is 386 g/mol. The molecule has 0 saturated carbocycles. The Labute approximate surface area is 154 Å². The van der Waals surface area contributed by atoms with E-state index in [1.165, 1.54) is 13.3 Å². The molecule has 1 heterocycles. The first kappa shape index (κ1) is 21.4. The second kappa shape index (κ2) is 9.70. The Morgan fingerprint density at radius 1 is 1.35 bits per heavy atom. The number of methoxy groups -OCH3 is 1. The molecule has 0 fully saturated rings. The van der Waals surface area contributed by atoms with Crippen LogP contribution in [0.1, 0.15) is 30.4 Å². The molecule has 0 radical (unpaired) electrons. The molecular weight excluding hydrogens is 364 g/mol. The van der Waals surface area contributed by atoms with Crippen LogP contribution in [0, 0.1) is 0 Å². The summed E-state index contributed by atoms with van der Waals surface area (Å²) >= 11 is 1.10. The van der Waals surface area contributed by atoms with Crippen LogP contribution in [0.2, 0.25) is 0 Å². The molecule has 26 heavy (non-hydrogen) atoms. The van der Waals surface area contributed by atoms with Gasteiger partial charge in [0.1, 0.15) is 11.6 Å². The van der Waals surface area contributed by atoms with E-state index in [-0.39, 0.29) is 13.1 Å². The number of hydrogen-bond donors (Lipinski definition) is 3. The zero-order chi connectivity index (χ0) is 19.7. The number of rotatable bonds is 8. The van der Waals surface area contributed by atoms with Gasteiger partial charge in [0.05, 0.1) is 24.7 Å². The molecule has 0 aliphatic carbocycles. The maximum absolute atomic E-state index is 11.9. The zero-order valence-corrected chi connectivity index (χ0v) is 15.8. The Bertz CT molecular complexity index is 655. The van der Waals surface area contributed by atoms with Crippen LogP contribution in [0.4, 0.5) is 9.93 Å². The molecule has 2 amide bonds. The second-order valence-corrected chi connectivity index (χ2v) is 7.13. The number of ether oxygens (including phenoxy) is 2. The van der Waals surface area contributed by atoms with Crippen LogP contribution in [-0.4, -0.2) is 61.1 Å². The third kappa shape index (κ3) is 7.92. The molecule has 0 aliphatic heterocycles. The minimum Gasteiger partial charge on any atom is -0.467 e. The summed E-state index contributed by atoms with van der Waals surface area (Å²) in [5.74, 6) is -1.16. The van der Waals surface area contributed by atoms with E-state index in [0.717, 1.165) is 11.3 Å². The molecule has 0 bridgehead atoms. The van der Waals surface area contributed by atoms with Crippen molar-refractivity contribution in [3.05, 3.63) is 11.1 Å². The van der Waals surface area contributed by atoms with Crippen molar-refractivity contribution in [2.75, 3.05) is 25.5 Å². The van der Waals surface area contributed by atoms with E-state index < -0.39 is 29.6 Å². The Morgan fingerprint density at radius 2 is 2.04 bits per heavy atom. The highest BCUT2D eigenvalue weighted by Gasteiger charge is 2.25. The van der Waals surface area contributed by atoms with E-state index >= 15 is 0 Å². The number of amides is 2. The van der Waals surface area contributed by atoms with Gasteiger partial charge in [0.2, 0.25) is 5.91 Å². The van der Waals surface area contributed by atoms with Crippen LogP contribution in [0.25, 0.3) is 0 Å². The summed E-state index contributed by atoms with van der Waals surface area (Å²) in [7, 11) is 1.17. The summed E-state index contributed by atoms with van der Waals surface area (Å²) in [6, 6.07) is -1.10. The van der Waals surface area contributed by atoms with Gasteiger partial charge in [0.25, 0.3) is 0 Å². The monoisotopic (exact) mass is 386 g/mol. The van der Waals surface area contributed by atoms with Crippen LogP contribution in [0.15, 0.2) is 6.20 Å². The van der Waals surface area contributed by atoms with Crippen LogP contribution in [0.3, 0.4) is 0 Å². The van der Waals surface area contributed by atoms with Gasteiger partial charge in [-0.1, -0.05) is 11.3 Å². The molecule has 3 N–H and O–H groups in total. The van der Waals surface area contributed by atoms with Gasteiger partial charge in [-0.25, -0.2) is 14.6 Å². The van der Waals surface area contributed by atoms with Crippen LogP contribution < -0.4 is 16.0 Å². The average Bonchev–Trinajstić information content (AvgIpc) is 3.02. The summed E-state index contributed by atoms with van der Waals surface area (Å²) in [4.78, 5) is 50.3. The number of thiazole rings is 1. The summed E-state index contributed by atoms with van der Waals surface area (Å²) < 4.78 is 9.67. The first-order valence-electron chi connectivity index (χ1n) is 7.63. The fourth-order valence-electron chi connectivity index (χ4n) is 1.64. The SMILES string of the molecule is COC(=O)[C@H](CNC(=O)CNc1ncc(C=O)s1)NC(=O)OC(C)(C)C. The number of carbonyl (C=O) groups is 4. The lowest BCUT2D eigenvalue weighted by atomic mass is 10.2. The molecule has 1 rings (SSSR count). The third-order valence-corrected chi connectivity index (χ3v) is 3.60. The standard InChI is InChI=1S/C15H22N4O6S/c1-15(2,3)25-14(23)19-10(12(22)24-4)6-16-11(21)7-18-13-17-5-9(8-20)26-13/h5,8,10H,6-7H2,1-4H3,(H,16,21)(H,17,18)(H,19,23)/t10-/m0/s1. The van der Waals surface area contributed by atoms with Gasteiger partial charge in [-0.2, -0.15) is 0 Å². The van der Waals surface area contributed by atoms with Gasteiger partial charge in [0.15, 0.2) is 11.4 Å². The van der Waals surface area contributed by atoms with E-state index in [1.807, 2.05) is 0 Å². The smallest absolute Gasteiger partial charge is 0.408 e. The fraction of sp³-hybridized carbons (Fsp3) is 0.533. The lowest BCUT2D eigenvalue weighted by Gasteiger charge is -2.22. The first-order chi connectivity index (χ1) is 12.1. The van der Waals surface area contributed by atoms with Gasteiger partial charge in [-0.3, -0.25) is 9.59 Å². The van der Waals surface area contributed by atoms with Crippen LogP contribution in [-0.2, 0) is 19.1 Å².